The fraction of sp³-hybridized carbons (Fsp3) is 0.231. The number of benzene rings is 1. The lowest BCUT2D eigenvalue weighted by atomic mass is 10.2. The fourth-order valence-corrected chi connectivity index (χ4v) is 0.936. The van der Waals surface area contributed by atoms with Gasteiger partial charge in [-0.2, -0.15) is 0 Å². The molecule has 0 aliphatic carbocycles. The van der Waals surface area contributed by atoms with Crippen LogP contribution in [-0.2, 0) is 0 Å². The summed E-state index contributed by atoms with van der Waals surface area (Å²) < 4.78 is 0. The molecule has 0 radical (unpaired) electrons. The molecule has 64 valence electrons. The molecular weight excluding hydrogens is 156 g/mol. The van der Waals surface area contributed by atoms with Crippen LogP contribution in [-0.4, -0.2) is 0 Å². The van der Waals surface area contributed by atoms with Gasteiger partial charge >= 0.3 is 0 Å². The van der Waals surface area contributed by atoms with Crippen LogP contribution >= 0.6 is 0 Å². The predicted octanol–water partition coefficient (Wildman–Crippen LogP) is 2.84. The van der Waals surface area contributed by atoms with Crippen LogP contribution in [0.4, 0.5) is 0 Å². The molecule has 0 heteroatoms. The smallest absolute Gasteiger partial charge is 0.0245 e. The topological polar surface area (TPSA) is 0 Å². The average Bonchev–Trinajstić information content (AvgIpc) is 2.19. The fourth-order valence-electron chi connectivity index (χ4n) is 0.936. The Hall–Kier alpha value is -1.66. The van der Waals surface area contributed by atoms with Gasteiger partial charge in [-0.1, -0.05) is 30.0 Å². The summed E-state index contributed by atoms with van der Waals surface area (Å²) in [5.41, 5.74) is 1.08. The molecule has 0 heterocycles. The minimum atomic E-state index is 0.857. The van der Waals surface area contributed by atoms with Crippen molar-refractivity contribution in [2.75, 3.05) is 0 Å². The second-order valence-corrected chi connectivity index (χ2v) is 2.59. The van der Waals surface area contributed by atoms with Gasteiger partial charge in [-0.15, -0.1) is 11.8 Å². The molecule has 1 aromatic rings. The van der Waals surface area contributed by atoms with Crippen molar-refractivity contribution in [2.24, 2.45) is 0 Å². The van der Waals surface area contributed by atoms with Crippen molar-refractivity contribution < 1.29 is 0 Å². The van der Waals surface area contributed by atoms with Gasteiger partial charge < -0.3 is 0 Å². The van der Waals surface area contributed by atoms with Crippen LogP contribution in [0.1, 0.15) is 25.3 Å². The van der Waals surface area contributed by atoms with E-state index in [0.717, 1.165) is 18.4 Å². The molecule has 1 aromatic carbocycles. The van der Waals surface area contributed by atoms with Gasteiger partial charge in [-0.25, -0.2) is 0 Å². The largest absolute Gasteiger partial charge is 0.107 e. The lowest BCUT2D eigenvalue weighted by molar-refractivity contribution is 1.12. The molecular formula is C13H12. The highest BCUT2D eigenvalue weighted by Gasteiger charge is 1.80. The Labute approximate surface area is 80.0 Å². The molecule has 0 aliphatic heterocycles. The minimum Gasteiger partial charge on any atom is -0.107 e. The van der Waals surface area contributed by atoms with E-state index in [9.17, 15) is 0 Å². The first-order valence-corrected chi connectivity index (χ1v) is 4.37. The van der Waals surface area contributed by atoms with E-state index in [-0.39, 0.29) is 0 Å². The maximum absolute atomic E-state index is 3.09. The molecule has 0 aromatic heterocycles. The molecule has 0 amide bonds. The Morgan fingerprint density at radius 3 is 2.38 bits per heavy atom. The monoisotopic (exact) mass is 168 g/mol. The molecule has 0 bridgehead atoms. The van der Waals surface area contributed by atoms with Gasteiger partial charge in [-0.05, 0) is 19.1 Å². The predicted molar refractivity (Wildman–Crippen MR) is 56.0 cm³/mol. The highest BCUT2D eigenvalue weighted by atomic mass is 13.8. The van der Waals surface area contributed by atoms with E-state index in [2.05, 4.69) is 23.7 Å². The zero-order valence-electron chi connectivity index (χ0n) is 7.80. The van der Waals surface area contributed by atoms with Crippen molar-refractivity contribution in [2.45, 2.75) is 19.8 Å². The van der Waals surface area contributed by atoms with E-state index in [0.29, 0.717) is 0 Å². The van der Waals surface area contributed by atoms with Crippen LogP contribution < -0.4 is 0 Å². The van der Waals surface area contributed by atoms with Gasteiger partial charge in [0.25, 0.3) is 0 Å². The van der Waals surface area contributed by atoms with Gasteiger partial charge in [-0.3, -0.25) is 0 Å². The second kappa shape index (κ2) is 5.92. The van der Waals surface area contributed by atoms with Crippen molar-refractivity contribution in [1.82, 2.24) is 0 Å². The van der Waals surface area contributed by atoms with Crippen molar-refractivity contribution in [3.8, 4) is 23.7 Å². The Morgan fingerprint density at radius 2 is 1.69 bits per heavy atom. The first-order valence-electron chi connectivity index (χ1n) is 4.37. The summed E-state index contributed by atoms with van der Waals surface area (Å²) in [6.07, 6.45) is 1.73. The molecule has 0 saturated carbocycles. The summed E-state index contributed by atoms with van der Waals surface area (Å²) in [7, 11) is 0. The van der Waals surface area contributed by atoms with E-state index >= 15 is 0 Å². The first-order chi connectivity index (χ1) is 6.43. The molecule has 1 rings (SSSR count). The molecule has 13 heavy (non-hydrogen) atoms. The van der Waals surface area contributed by atoms with Gasteiger partial charge in [0.05, 0.1) is 0 Å². The molecule has 0 N–H and O–H groups in total. The molecule has 0 nitrogen and oxygen atoms in total. The van der Waals surface area contributed by atoms with Gasteiger partial charge in [0.15, 0.2) is 0 Å². The summed E-state index contributed by atoms with van der Waals surface area (Å²) >= 11 is 0. The lowest BCUT2D eigenvalue weighted by Gasteiger charge is -1.85. The molecule has 0 saturated heterocycles. The normalized spacial score (nSPS) is 7.77. The number of unbranched alkanes of at least 4 members (excludes halogenated alkanes) is 1. The van der Waals surface area contributed by atoms with Crippen LogP contribution in [0.15, 0.2) is 30.3 Å². The number of rotatable bonds is 1. The Bertz CT molecular complexity index is 352. The van der Waals surface area contributed by atoms with E-state index in [1.807, 2.05) is 37.3 Å². The highest BCUT2D eigenvalue weighted by molar-refractivity contribution is 5.33. The van der Waals surface area contributed by atoms with Crippen molar-refractivity contribution in [1.29, 1.82) is 0 Å². The van der Waals surface area contributed by atoms with Crippen LogP contribution in [0.25, 0.3) is 0 Å². The van der Waals surface area contributed by atoms with Gasteiger partial charge in [0, 0.05) is 18.4 Å². The van der Waals surface area contributed by atoms with E-state index in [1.165, 1.54) is 0 Å². The molecule has 0 aliphatic rings. The third-order valence-electron chi connectivity index (χ3n) is 1.56. The zero-order chi connectivity index (χ0) is 9.36. The van der Waals surface area contributed by atoms with Crippen LogP contribution in [0.2, 0.25) is 0 Å². The zero-order valence-corrected chi connectivity index (χ0v) is 7.80. The maximum Gasteiger partial charge on any atom is 0.0245 e. The van der Waals surface area contributed by atoms with Gasteiger partial charge in [0.2, 0.25) is 0 Å². The quantitative estimate of drug-likeness (QED) is 0.447. The van der Waals surface area contributed by atoms with Crippen LogP contribution in [0, 0.1) is 23.7 Å². The first kappa shape index (κ1) is 9.43. The van der Waals surface area contributed by atoms with Crippen molar-refractivity contribution in [3.05, 3.63) is 35.9 Å². The van der Waals surface area contributed by atoms with Crippen LogP contribution in [0.5, 0.6) is 0 Å². The maximum atomic E-state index is 3.09. The molecule has 0 spiro atoms. The van der Waals surface area contributed by atoms with E-state index in [4.69, 9.17) is 0 Å². The SMILES string of the molecule is CC#CCCC#Cc1ccccc1. The standard InChI is InChI=1S/C13H12/c1-2-3-4-5-7-10-13-11-8-6-9-12-13/h6,8-9,11-12H,4-5H2,1H3. The number of hydrogen-bond acceptors (Lipinski definition) is 0. The molecule has 0 atom stereocenters. The molecule has 0 fully saturated rings. The third kappa shape index (κ3) is 4.04. The van der Waals surface area contributed by atoms with Crippen LogP contribution in [0.3, 0.4) is 0 Å². The number of hydrogen-bond donors (Lipinski definition) is 0. The summed E-state index contributed by atoms with van der Waals surface area (Å²) in [4.78, 5) is 0. The van der Waals surface area contributed by atoms with Crippen molar-refractivity contribution in [3.63, 3.8) is 0 Å². The lowest BCUT2D eigenvalue weighted by Crippen LogP contribution is -1.71. The summed E-state index contributed by atoms with van der Waals surface area (Å²) in [6.45, 7) is 1.85. The summed E-state index contributed by atoms with van der Waals surface area (Å²) in [5.74, 6) is 12.0. The second-order valence-electron chi connectivity index (χ2n) is 2.59. The van der Waals surface area contributed by atoms with E-state index in [1.54, 1.807) is 0 Å². The Balaban J connectivity index is 2.43. The minimum absolute atomic E-state index is 0.857. The summed E-state index contributed by atoms with van der Waals surface area (Å²) in [5, 5.41) is 0. The van der Waals surface area contributed by atoms with Gasteiger partial charge in [0.1, 0.15) is 0 Å². The Kier molecular flexibility index (Phi) is 4.30. The average molecular weight is 168 g/mol. The third-order valence-corrected chi connectivity index (χ3v) is 1.56. The highest BCUT2D eigenvalue weighted by Crippen LogP contribution is 1.95. The summed E-state index contributed by atoms with van der Waals surface area (Å²) in [6, 6.07) is 10.0. The van der Waals surface area contributed by atoms with E-state index < -0.39 is 0 Å². The molecule has 0 unspecified atom stereocenters. The Morgan fingerprint density at radius 1 is 1.00 bits per heavy atom. The van der Waals surface area contributed by atoms with Crippen molar-refractivity contribution >= 4 is 0 Å².